The van der Waals surface area contributed by atoms with E-state index in [1.165, 1.54) is 24.4 Å². The summed E-state index contributed by atoms with van der Waals surface area (Å²) in [5.41, 5.74) is 0.159. The first-order chi connectivity index (χ1) is 13.2. The molecule has 1 heterocycles. The van der Waals surface area contributed by atoms with Crippen molar-refractivity contribution < 1.29 is 28.1 Å². The van der Waals surface area contributed by atoms with Crippen molar-refractivity contribution in [3.05, 3.63) is 41.0 Å². The van der Waals surface area contributed by atoms with Gasteiger partial charge in [0.15, 0.2) is 0 Å². The number of aromatic nitrogens is 1. The van der Waals surface area contributed by atoms with Gasteiger partial charge in [-0.1, -0.05) is 0 Å². The van der Waals surface area contributed by atoms with Crippen molar-refractivity contribution in [1.29, 1.82) is 0 Å². The summed E-state index contributed by atoms with van der Waals surface area (Å²) in [5.74, 6) is 0.00571. The summed E-state index contributed by atoms with van der Waals surface area (Å²) in [7, 11) is -0.105. The second kappa shape index (κ2) is 9.99. The first kappa shape index (κ1) is 22.3. The van der Waals surface area contributed by atoms with Crippen LogP contribution in [0.4, 0.5) is 14.5 Å². The Balaban J connectivity index is 0.00000420. The lowest BCUT2D eigenvalue weighted by Gasteiger charge is -2.14. The summed E-state index contributed by atoms with van der Waals surface area (Å²) in [6.45, 7) is -1.81. The molecule has 0 radical (unpaired) electrons. The van der Waals surface area contributed by atoms with Crippen molar-refractivity contribution in [2.45, 2.75) is 17.9 Å². The van der Waals surface area contributed by atoms with Crippen LogP contribution in [-0.2, 0) is 10.0 Å². The first-order valence-electron chi connectivity index (χ1n) is 8.18. The number of halogens is 3. The Hall–Kier alpha value is -1.98. The van der Waals surface area contributed by atoms with Gasteiger partial charge in [0, 0.05) is 18.6 Å². The van der Waals surface area contributed by atoms with Gasteiger partial charge in [0.2, 0.25) is 5.88 Å². The van der Waals surface area contributed by atoms with Crippen LogP contribution in [0.15, 0.2) is 45.9 Å². The molecule has 2 rings (SSSR count). The molecule has 0 unspecified atom stereocenters. The monoisotopic (exact) mass is 481 g/mol. The van der Waals surface area contributed by atoms with E-state index < -0.39 is 16.6 Å². The normalized spacial score (nSPS) is 11.7. The third-order valence-corrected chi connectivity index (χ3v) is 5.22. The molecule has 2 aromatic rings. The number of pyridine rings is 1. The van der Waals surface area contributed by atoms with Crippen molar-refractivity contribution in [3.63, 3.8) is 0 Å². The SMILES string of the molecule is CN(C)CCCOc1ncc(Br)cc1NS(=O)(=O)c1ccc(OC(F)F)cc1.[HH]. The molecule has 0 bridgehead atoms. The molecule has 0 spiro atoms. The Bertz CT molecular complexity index is 887. The third-order valence-electron chi connectivity index (χ3n) is 3.41. The Morgan fingerprint density at radius 2 is 1.96 bits per heavy atom. The maximum Gasteiger partial charge on any atom is 0.387 e. The quantitative estimate of drug-likeness (QED) is 0.519. The fourth-order valence-corrected chi connectivity index (χ4v) is 3.55. The molecule has 0 atom stereocenters. The average Bonchev–Trinajstić information content (AvgIpc) is 2.59. The smallest absolute Gasteiger partial charge is 0.387 e. The second-order valence-corrected chi connectivity index (χ2v) is 8.57. The molecule has 0 fully saturated rings. The molecule has 7 nitrogen and oxygen atoms in total. The maximum absolute atomic E-state index is 12.6. The van der Waals surface area contributed by atoms with Gasteiger partial charge >= 0.3 is 6.61 Å². The van der Waals surface area contributed by atoms with Crippen LogP contribution in [0.3, 0.4) is 0 Å². The van der Waals surface area contributed by atoms with Crippen LogP contribution in [0.25, 0.3) is 0 Å². The predicted octanol–water partition coefficient (Wildman–Crippen LogP) is 3.82. The Morgan fingerprint density at radius 1 is 1.29 bits per heavy atom. The lowest BCUT2D eigenvalue weighted by Crippen LogP contribution is -2.17. The number of nitrogens with one attached hydrogen (secondary N) is 1. The highest BCUT2D eigenvalue weighted by Crippen LogP contribution is 2.28. The predicted molar refractivity (Wildman–Crippen MR) is 107 cm³/mol. The minimum absolute atomic E-state index is 0. The molecule has 0 saturated carbocycles. The van der Waals surface area contributed by atoms with Crippen molar-refractivity contribution in [2.75, 3.05) is 32.0 Å². The lowest BCUT2D eigenvalue weighted by atomic mass is 10.3. The largest absolute Gasteiger partial charge is 0.476 e. The van der Waals surface area contributed by atoms with E-state index in [0.717, 1.165) is 25.1 Å². The van der Waals surface area contributed by atoms with E-state index in [9.17, 15) is 17.2 Å². The summed E-state index contributed by atoms with van der Waals surface area (Å²) in [5, 5.41) is 0. The van der Waals surface area contributed by atoms with Gasteiger partial charge < -0.3 is 14.4 Å². The molecule has 0 saturated heterocycles. The van der Waals surface area contributed by atoms with Crippen molar-refractivity contribution >= 4 is 31.6 Å². The van der Waals surface area contributed by atoms with Gasteiger partial charge in [-0.25, -0.2) is 13.4 Å². The van der Waals surface area contributed by atoms with Crippen LogP contribution >= 0.6 is 15.9 Å². The molecule has 156 valence electrons. The molecule has 0 aliphatic rings. The summed E-state index contributed by atoms with van der Waals surface area (Å²) in [6.07, 6.45) is 2.23. The number of sulfonamides is 1. The first-order valence-corrected chi connectivity index (χ1v) is 10.5. The zero-order valence-corrected chi connectivity index (χ0v) is 17.6. The van der Waals surface area contributed by atoms with Crippen LogP contribution in [0.2, 0.25) is 0 Å². The number of rotatable bonds is 10. The summed E-state index contributed by atoms with van der Waals surface area (Å²) in [6, 6.07) is 6.17. The summed E-state index contributed by atoms with van der Waals surface area (Å²) in [4.78, 5) is 5.99. The van der Waals surface area contributed by atoms with Crippen molar-refractivity contribution in [1.82, 2.24) is 9.88 Å². The van der Waals surface area contributed by atoms with Gasteiger partial charge in [-0.2, -0.15) is 8.78 Å². The molecule has 28 heavy (non-hydrogen) atoms. The van der Waals surface area contributed by atoms with Gasteiger partial charge in [0.25, 0.3) is 10.0 Å². The van der Waals surface area contributed by atoms with Crippen LogP contribution in [0.5, 0.6) is 11.6 Å². The molecule has 0 aliphatic heterocycles. The number of hydrogen-bond acceptors (Lipinski definition) is 6. The molecule has 0 amide bonds. The van der Waals surface area contributed by atoms with E-state index >= 15 is 0 Å². The molecule has 0 aliphatic carbocycles. The number of hydrogen-bond donors (Lipinski definition) is 1. The number of anilines is 1. The van der Waals surface area contributed by atoms with Gasteiger partial charge in [-0.15, -0.1) is 0 Å². The van der Waals surface area contributed by atoms with E-state index in [-0.39, 0.29) is 23.6 Å². The number of ether oxygens (including phenoxy) is 2. The fraction of sp³-hybridized carbons (Fsp3) is 0.353. The minimum atomic E-state index is -3.98. The van der Waals surface area contributed by atoms with Crippen molar-refractivity contribution in [3.8, 4) is 11.6 Å². The lowest BCUT2D eigenvalue weighted by molar-refractivity contribution is -0.0498. The molecular weight excluding hydrogens is 460 g/mol. The number of benzene rings is 1. The van der Waals surface area contributed by atoms with Gasteiger partial charge in [-0.3, -0.25) is 4.72 Å². The molecule has 11 heteroatoms. The standard InChI is InChI=1S/C17H20BrF2N3O4S.H2/c1-23(2)8-3-9-26-16-15(10-12(18)11-21-16)22-28(24,25)14-6-4-13(5-7-14)27-17(19)20;/h4-7,10-11,17,22H,3,8-9H2,1-2H3;1H. The zero-order chi connectivity index (χ0) is 20.7. The van der Waals surface area contributed by atoms with Crippen LogP contribution in [0, 0.1) is 0 Å². The number of nitrogens with zero attached hydrogens (tertiary/aromatic N) is 2. The highest BCUT2D eigenvalue weighted by atomic mass is 79.9. The topological polar surface area (TPSA) is 80.8 Å². The molecular formula is C17H22BrF2N3O4S. The zero-order valence-electron chi connectivity index (χ0n) is 15.2. The average molecular weight is 482 g/mol. The third kappa shape index (κ3) is 6.88. The Morgan fingerprint density at radius 3 is 2.57 bits per heavy atom. The molecule has 1 aromatic heterocycles. The maximum atomic E-state index is 12.6. The van der Waals surface area contributed by atoms with Crippen LogP contribution in [0.1, 0.15) is 7.85 Å². The van der Waals surface area contributed by atoms with Gasteiger partial charge in [0.1, 0.15) is 11.4 Å². The molecule has 1 N–H and O–H groups in total. The van der Waals surface area contributed by atoms with E-state index in [0.29, 0.717) is 11.1 Å². The Labute approximate surface area is 172 Å². The molecule has 1 aromatic carbocycles. The van der Waals surface area contributed by atoms with Gasteiger partial charge in [0.05, 0.1) is 11.5 Å². The van der Waals surface area contributed by atoms with Crippen LogP contribution < -0.4 is 14.2 Å². The van der Waals surface area contributed by atoms with E-state index in [1.807, 2.05) is 19.0 Å². The van der Waals surface area contributed by atoms with E-state index in [4.69, 9.17) is 4.74 Å². The van der Waals surface area contributed by atoms with E-state index in [2.05, 4.69) is 30.4 Å². The van der Waals surface area contributed by atoms with E-state index in [1.54, 1.807) is 0 Å². The summed E-state index contributed by atoms with van der Waals surface area (Å²) < 4.78 is 62.4. The highest BCUT2D eigenvalue weighted by Gasteiger charge is 2.18. The second-order valence-electron chi connectivity index (χ2n) is 5.97. The van der Waals surface area contributed by atoms with Gasteiger partial charge in [-0.05, 0) is 66.8 Å². The highest BCUT2D eigenvalue weighted by molar-refractivity contribution is 9.10. The van der Waals surface area contributed by atoms with Crippen LogP contribution in [-0.4, -0.2) is 52.2 Å². The number of alkyl halides is 2. The Kier molecular flexibility index (Phi) is 7.96. The fourth-order valence-electron chi connectivity index (χ4n) is 2.17. The van der Waals surface area contributed by atoms with Crippen molar-refractivity contribution in [2.24, 2.45) is 0 Å². The summed E-state index contributed by atoms with van der Waals surface area (Å²) >= 11 is 3.25. The minimum Gasteiger partial charge on any atom is -0.476 e.